The number of nitrogens with zero attached hydrogens (tertiary/aromatic N) is 4. The second-order valence-corrected chi connectivity index (χ2v) is 3.38. The number of hydrogen-bond donors (Lipinski definition) is 1. The largest absolute Gasteiger partial charge is 0.380 e. The minimum absolute atomic E-state index is 0.610. The van der Waals surface area contributed by atoms with Crippen LogP contribution in [0.5, 0.6) is 0 Å². The summed E-state index contributed by atoms with van der Waals surface area (Å²) in [7, 11) is 0. The molecule has 0 bridgehead atoms. The van der Waals surface area contributed by atoms with Crippen molar-refractivity contribution in [3.8, 4) is 0 Å². The van der Waals surface area contributed by atoms with E-state index < -0.39 is 0 Å². The van der Waals surface area contributed by atoms with E-state index >= 15 is 0 Å². The Morgan fingerprint density at radius 3 is 3.19 bits per heavy atom. The maximum atomic E-state index is 5.26. The molecule has 0 fully saturated rings. The quantitative estimate of drug-likeness (QED) is 0.759. The molecule has 0 saturated heterocycles. The number of aromatic nitrogens is 4. The van der Waals surface area contributed by atoms with E-state index in [4.69, 9.17) is 4.74 Å². The maximum absolute atomic E-state index is 5.26. The molecule has 0 aliphatic carbocycles. The molecule has 6 nitrogen and oxygen atoms in total. The molecule has 2 heterocycles. The van der Waals surface area contributed by atoms with Crippen LogP contribution in [0.1, 0.15) is 12.6 Å². The molecule has 6 heteroatoms. The Morgan fingerprint density at radius 2 is 2.38 bits per heavy atom. The van der Waals surface area contributed by atoms with Gasteiger partial charge in [0.05, 0.1) is 6.61 Å². The average Bonchev–Trinajstić information content (AvgIpc) is 2.72. The van der Waals surface area contributed by atoms with Crippen LogP contribution >= 0.6 is 0 Å². The van der Waals surface area contributed by atoms with Crippen LogP contribution in [0.2, 0.25) is 0 Å². The van der Waals surface area contributed by atoms with Gasteiger partial charge in [0.15, 0.2) is 0 Å². The monoisotopic (exact) mass is 221 g/mol. The standard InChI is InChI=1S/C10H15N5O/c1-3-16-5-4-11-9-6-8(2)14-10-12-7-13-15(9)10/h6-7,11H,3-5H2,1-2H3. The fourth-order valence-electron chi connectivity index (χ4n) is 1.45. The predicted molar refractivity (Wildman–Crippen MR) is 60.5 cm³/mol. The first-order valence-corrected chi connectivity index (χ1v) is 5.30. The predicted octanol–water partition coefficient (Wildman–Crippen LogP) is 0.881. The molecule has 0 amide bonds. The van der Waals surface area contributed by atoms with Gasteiger partial charge in [0, 0.05) is 24.9 Å². The third kappa shape index (κ3) is 2.27. The van der Waals surface area contributed by atoms with Crippen LogP contribution in [0.4, 0.5) is 5.82 Å². The first-order valence-electron chi connectivity index (χ1n) is 5.30. The Bertz CT molecular complexity index is 467. The molecule has 16 heavy (non-hydrogen) atoms. The topological polar surface area (TPSA) is 64.3 Å². The van der Waals surface area contributed by atoms with Crippen LogP contribution in [-0.2, 0) is 4.74 Å². The smallest absolute Gasteiger partial charge is 0.254 e. The summed E-state index contributed by atoms with van der Waals surface area (Å²) in [6.07, 6.45) is 1.50. The SMILES string of the molecule is CCOCCNc1cc(C)nc2ncnn12. The second-order valence-electron chi connectivity index (χ2n) is 3.38. The van der Waals surface area contributed by atoms with Gasteiger partial charge in [-0.25, -0.2) is 4.98 Å². The average molecular weight is 221 g/mol. The van der Waals surface area contributed by atoms with Gasteiger partial charge in [0.1, 0.15) is 12.1 Å². The van der Waals surface area contributed by atoms with E-state index in [9.17, 15) is 0 Å². The van der Waals surface area contributed by atoms with Crippen LogP contribution in [0.3, 0.4) is 0 Å². The molecule has 86 valence electrons. The van der Waals surface area contributed by atoms with Crippen molar-refractivity contribution in [3.63, 3.8) is 0 Å². The number of anilines is 1. The van der Waals surface area contributed by atoms with Gasteiger partial charge in [-0.15, -0.1) is 0 Å². The minimum Gasteiger partial charge on any atom is -0.380 e. The lowest BCUT2D eigenvalue weighted by atomic mass is 10.4. The van der Waals surface area contributed by atoms with Crippen molar-refractivity contribution < 1.29 is 4.74 Å². The van der Waals surface area contributed by atoms with E-state index in [0.717, 1.165) is 24.7 Å². The normalized spacial score (nSPS) is 10.9. The van der Waals surface area contributed by atoms with Crippen molar-refractivity contribution in [1.29, 1.82) is 0 Å². The first-order chi connectivity index (χ1) is 7.81. The van der Waals surface area contributed by atoms with E-state index in [2.05, 4.69) is 20.4 Å². The van der Waals surface area contributed by atoms with Crippen LogP contribution in [-0.4, -0.2) is 39.3 Å². The van der Waals surface area contributed by atoms with Crippen molar-refractivity contribution in [2.24, 2.45) is 0 Å². The molecule has 0 spiro atoms. The van der Waals surface area contributed by atoms with Crippen molar-refractivity contribution in [2.75, 3.05) is 25.1 Å². The highest BCUT2D eigenvalue weighted by atomic mass is 16.5. The summed E-state index contributed by atoms with van der Waals surface area (Å²) in [6.45, 7) is 6.06. The van der Waals surface area contributed by atoms with Gasteiger partial charge in [-0.2, -0.15) is 14.6 Å². The Morgan fingerprint density at radius 1 is 1.50 bits per heavy atom. The molecule has 0 aliphatic rings. The summed E-state index contributed by atoms with van der Waals surface area (Å²) in [5.41, 5.74) is 0.916. The lowest BCUT2D eigenvalue weighted by Gasteiger charge is -2.08. The Hall–Kier alpha value is -1.69. The maximum Gasteiger partial charge on any atom is 0.254 e. The molecular formula is C10H15N5O. The van der Waals surface area contributed by atoms with Gasteiger partial charge >= 0.3 is 0 Å². The van der Waals surface area contributed by atoms with Crippen molar-refractivity contribution in [2.45, 2.75) is 13.8 Å². The van der Waals surface area contributed by atoms with Crippen LogP contribution in [0.25, 0.3) is 5.78 Å². The summed E-state index contributed by atoms with van der Waals surface area (Å²) < 4.78 is 6.94. The van der Waals surface area contributed by atoms with Crippen LogP contribution in [0.15, 0.2) is 12.4 Å². The van der Waals surface area contributed by atoms with Gasteiger partial charge in [0.2, 0.25) is 0 Å². The highest BCUT2D eigenvalue weighted by Crippen LogP contribution is 2.09. The third-order valence-corrected chi connectivity index (χ3v) is 2.14. The number of aryl methyl sites for hydroxylation is 1. The molecule has 0 unspecified atom stereocenters. The number of fused-ring (bicyclic) bond motifs is 1. The molecule has 0 radical (unpaired) electrons. The Balaban J connectivity index is 2.12. The fourth-order valence-corrected chi connectivity index (χ4v) is 1.45. The van der Waals surface area contributed by atoms with Gasteiger partial charge in [-0.05, 0) is 13.8 Å². The summed E-state index contributed by atoms with van der Waals surface area (Å²) in [5.74, 6) is 1.50. The molecule has 0 aromatic carbocycles. The summed E-state index contributed by atoms with van der Waals surface area (Å²) >= 11 is 0. The molecule has 1 N–H and O–H groups in total. The van der Waals surface area contributed by atoms with E-state index in [0.29, 0.717) is 12.4 Å². The van der Waals surface area contributed by atoms with Crippen LogP contribution < -0.4 is 5.32 Å². The third-order valence-electron chi connectivity index (χ3n) is 2.14. The van der Waals surface area contributed by atoms with E-state index in [1.165, 1.54) is 6.33 Å². The zero-order valence-electron chi connectivity index (χ0n) is 9.47. The molecule has 0 atom stereocenters. The molecule has 2 rings (SSSR count). The van der Waals surface area contributed by atoms with E-state index in [-0.39, 0.29) is 0 Å². The van der Waals surface area contributed by atoms with Gasteiger partial charge in [-0.1, -0.05) is 0 Å². The van der Waals surface area contributed by atoms with Crippen molar-refractivity contribution in [1.82, 2.24) is 19.6 Å². The second kappa shape index (κ2) is 4.89. The Labute approximate surface area is 93.7 Å². The molecule has 2 aromatic rings. The van der Waals surface area contributed by atoms with Crippen molar-refractivity contribution >= 4 is 11.6 Å². The highest BCUT2D eigenvalue weighted by Gasteiger charge is 2.04. The Kier molecular flexibility index (Phi) is 3.31. The number of rotatable bonds is 5. The minimum atomic E-state index is 0.610. The zero-order valence-corrected chi connectivity index (χ0v) is 9.47. The molecular weight excluding hydrogens is 206 g/mol. The fraction of sp³-hybridized carbons (Fsp3) is 0.500. The van der Waals surface area contributed by atoms with E-state index in [1.807, 2.05) is 19.9 Å². The highest BCUT2D eigenvalue weighted by molar-refractivity contribution is 5.44. The number of hydrogen-bond acceptors (Lipinski definition) is 5. The summed E-state index contributed by atoms with van der Waals surface area (Å²) in [5, 5.41) is 7.34. The van der Waals surface area contributed by atoms with Gasteiger partial charge in [0.25, 0.3) is 5.78 Å². The van der Waals surface area contributed by atoms with Crippen LogP contribution in [0, 0.1) is 6.92 Å². The lowest BCUT2D eigenvalue weighted by molar-refractivity contribution is 0.158. The van der Waals surface area contributed by atoms with Gasteiger partial charge in [-0.3, -0.25) is 0 Å². The molecule has 0 aliphatic heterocycles. The number of nitrogens with one attached hydrogen (secondary N) is 1. The zero-order chi connectivity index (χ0) is 11.4. The summed E-state index contributed by atoms with van der Waals surface area (Å²) in [4.78, 5) is 8.31. The van der Waals surface area contributed by atoms with Gasteiger partial charge < -0.3 is 10.1 Å². The summed E-state index contributed by atoms with van der Waals surface area (Å²) in [6, 6.07) is 1.94. The van der Waals surface area contributed by atoms with E-state index in [1.54, 1.807) is 4.52 Å². The molecule has 2 aromatic heterocycles. The number of ether oxygens (including phenoxy) is 1. The first kappa shape index (κ1) is 10.8. The molecule has 0 saturated carbocycles. The van der Waals surface area contributed by atoms with Crippen molar-refractivity contribution in [3.05, 3.63) is 18.1 Å². The lowest BCUT2D eigenvalue weighted by Crippen LogP contribution is -2.12.